The third-order valence-electron chi connectivity index (χ3n) is 10.9. The predicted octanol–water partition coefficient (Wildman–Crippen LogP) is 9.97. The molecule has 0 spiro atoms. The standard InChI is InChI=1S/C54H83N3O16P2/c1-3-5-6-7-8-9-10-11-12-13-14-15-16-19-22-25-28-31-34-38-49(59)68-42-46(71-50(60)39-35-32-29-26-23-20-17-18-21-24-27-30-33-37-45(58)36-4-2)43-69-74(64,65)73-75(66,67)70-44-47-51(61)52(62)53(72-47)57-41-40-48(55)56-54(57)63/h8-9,11-12,14-15,17,19-22,24,26,28-31,33,40-41,45-47,51-53,58,61-62H,3-7,10,13,16,18,23,25,27,32,34-39,42-44H2,1-2H3,(H,64,65)(H,66,67)(H2,55,56,63)/b9-8-,12-11-,15-14-,20-17-,22-19-,24-21-,29-26-,31-28-,33-30-/t45?,46-,47-,51-,52-,53-/m1/s1. The van der Waals surface area contributed by atoms with E-state index in [1.54, 1.807) is 0 Å². The number of anilines is 1. The molecule has 3 unspecified atom stereocenters. The van der Waals surface area contributed by atoms with Gasteiger partial charge in [-0.25, -0.2) is 13.9 Å². The molecule has 1 aliphatic rings. The second kappa shape index (κ2) is 40.6. The van der Waals surface area contributed by atoms with Gasteiger partial charge in [-0.2, -0.15) is 9.29 Å². The molecule has 2 heterocycles. The molecule has 21 heteroatoms. The molecule has 7 N–H and O–H groups in total. The first-order valence-electron chi connectivity index (χ1n) is 26.0. The second-order valence-electron chi connectivity index (χ2n) is 17.5. The fraction of sp³-hybridized carbons (Fsp3) is 0.556. The average molecular weight is 1090 g/mol. The normalized spacial score (nSPS) is 20.1. The van der Waals surface area contributed by atoms with Crippen molar-refractivity contribution in [3.8, 4) is 0 Å². The van der Waals surface area contributed by atoms with Crippen molar-refractivity contribution >= 4 is 33.4 Å². The number of aromatic nitrogens is 2. The van der Waals surface area contributed by atoms with Crippen molar-refractivity contribution in [2.75, 3.05) is 25.6 Å². The van der Waals surface area contributed by atoms with Crippen LogP contribution in [0.25, 0.3) is 0 Å². The number of allylic oxidation sites excluding steroid dienone is 17. The minimum atomic E-state index is -5.47. The first-order valence-corrected chi connectivity index (χ1v) is 29.0. The number of unbranched alkanes of at least 4 members (excludes halogenated alkanes) is 4. The summed E-state index contributed by atoms with van der Waals surface area (Å²) in [6.45, 7) is 1.79. The Hall–Kier alpha value is -4.62. The number of phosphoric ester groups is 2. The Bertz CT molecular complexity index is 2200. The van der Waals surface area contributed by atoms with E-state index in [1.165, 1.54) is 25.3 Å². The van der Waals surface area contributed by atoms with Crippen molar-refractivity contribution in [3.05, 3.63) is 132 Å². The Morgan fingerprint density at radius 1 is 0.693 bits per heavy atom. The summed E-state index contributed by atoms with van der Waals surface area (Å²) in [7, 11) is -10.9. The minimum absolute atomic E-state index is 0.0222. The van der Waals surface area contributed by atoms with Gasteiger partial charge in [0.15, 0.2) is 12.3 Å². The topological polar surface area (TPSA) is 286 Å². The number of aliphatic hydroxyl groups is 3. The summed E-state index contributed by atoms with van der Waals surface area (Å²) in [5.74, 6) is -1.50. The van der Waals surface area contributed by atoms with Crippen molar-refractivity contribution < 1.29 is 71.4 Å². The van der Waals surface area contributed by atoms with Gasteiger partial charge in [-0.3, -0.25) is 23.2 Å². The highest BCUT2D eigenvalue weighted by molar-refractivity contribution is 7.61. The maximum absolute atomic E-state index is 12.9. The summed E-state index contributed by atoms with van der Waals surface area (Å²) < 4.78 is 56.6. The van der Waals surface area contributed by atoms with Crippen LogP contribution in [-0.4, -0.2) is 96.9 Å². The number of carbonyl (C=O) groups is 2. The van der Waals surface area contributed by atoms with Gasteiger partial charge in [-0.1, -0.05) is 142 Å². The number of aliphatic hydroxyl groups excluding tert-OH is 3. The van der Waals surface area contributed by atoms with Crippen LogP contribution in [0.2, 0.25) is 0 Å². The molecule has 75 heavy (non-hydrogen) atoms. The van der Waals surface area contributed by atoms with E-state index in [1.807, 2.05) is 61.6 Å². The van der Waals surface area contributed by atoms with E-state index in [9.17, 15) is 48.6 Å². The fourth-order valence-corrected chi connectivity index (χ4v) is 9.00. The molecule has 2 rings (SSSR count). The molecule has 1 saturated heterocycles. The number of phosphoric acid groups is 2. The van der Waals surface area contributed by atoms with Gasteiger partial charge in [0.2, 0.25) is 0 Å². The average Bonchev–Trinajstić information content (AvgIpc) is 3.64. The maximum Gasteiger partial charge on any atom is 0.481 e. The zero-order valence-electron chi connectivity index (χ0n) is 43.7. The van der Waals surface area contributed by atoms with Crippen LogP contribution in [0, 0.1) is 0 Å². The van der Waals surface area contributed by atoms with Gasteiger partial charge in [-0.05, 0) is 96.0 Å². The quantitative estimate of drug-likeness (QED) is 0.0154. The summed E-state index contributed by atoms with van der Waals surface area (Å²) in [4.78, 5) is 61.9. The van der Waals surface area contributed by atoms with Crippen LogP contribution in [0.1, 0.15) is 142 Å². The number of rotatable bonds is 41. The lowest BCUT2D eigenvalue weighted by molar-refractivity contribution is -0.161. The van der Waals surface area contributed by atoms with Crippen molar-refractivity contribution in [2.45, 2.75) is 173 Å². The van der Waals surface area contributed by atoms with Crippen LogP contribution < -0.4 is 11.4 Å². The summed E-state index contributed by atoms with van der Waals surface area (Å²) >= 11 is 0. The number of esters is 2. The Morgan fingerprint density at radius 2 is 1.21 bits per heavy atom. The molecule has 0 aliphatic carbocycles. The monoisotopic (exact) mass is 1090 g/mol. The SMILES string of the molecule is CCCCC/C=C\C/C=C\C/C=C\C/C=C\C/C=C\CCC(=O)OC[C@H](COP(=O)(O)OP(=O)(O)OC[C@H]1O[C@@H](n2ccc(N)nc2=O)[C@H](O)[C@@H]1O)OC(=O)CCC/C=C\C/C=C\C/C=C\C/C=C\CC(O)CCC. The lowest BCUT2D eigenvalue weighted by Crippen LogP contribution is -2.36. The third kappa shape index (κ3) is 33.2. The molecule has 420 valence electrons. The highest BCUT2D eigenvalue weighted by atomic mass is 31.3. The molecule has 0 saturated carbocycles. The number of carbonyl (C=O) groups excluding carboxylic acids is 2. The number of hydrogen-bond acceptors (Lipinski definition) is 16. The van der Waals surface area contributed by atoms with Gasteiger partial charge in [-0.15, -0.1) is 0 Å². The van der Waals surface area contributed by atoms with Crippen LogP contribution in [0.3, 0.4) is 0 Å². The van der Waals surface area contributed by atoms with Gasteiger partial charge in [0.05, 0.1) is 19.3 Å². The second-order valence-corrected chi connectivity index (χ2v) is 20.5. The molecular weight excluding hydrogens is 1010 g/mol. The number of hydrogen-bond donors (Lipinski definition) is 6. The number of nitrogens with two attached hydrogens (primary N) is 1. The van der Waals surface area contributed by atoms with Gasteiger partial charge in [0.1, 0.15) is 30.7 Å². The number of ether oxygens (including phenoxy) is 3. The van der Waals surface area contributed by atoms with E-state index in [0.717, 1.165) is 62.1 Å². The van der Waals surface area contributed by atoms with Crippen molar-refractivity contribution in [1.82, 2.24) is 9.55 Å². The Morgan fingerprint density at radius 3 is 1.76 bits per heavy atom. The largest absolute Gasteiger partial charge is 0.481 e. The Kier molecular flexibility index (Phi) is 36.0. The predicted molar refractivity (Wildman–Crippen MR) is 290 cm³/mol. The summed E-state index contributed by atoms with van der Waals surface area (Å²) in [6, 6.07) is 1.24. The summed E-state index contributed by atoms with van der Waals surface area (Å²) in [6.07, 6.45) is 43.9. The molecule has 0 radical (unpaired) electrons. The van der Waals surface area contributed by atoms with Gasteiger partial charge >= 0.3 is 33.3 Å². The number of nitrogen functional groups attached to an aromatic ring is 1. The van der Waals surface area contributed by atoms with Crippen molar-refractivity contribution in [3.63, 3.8) is 0 Å². The molecular formula is C54H83N3O16P2. The molecule has 1 aromatic heterocycles. The summed E-state index contributed by atoms with van der Waals surface area (Å²) in [5, 5.41) is 30.7. The zero-order chi connectivity index (χ0) is 55.0. The molecule has 1 aromatic rings. The Labute approximate surface area is 443 Å². The minimum Gasteiger partial charge on any atom is -0.462 e. The molecule has 8 atom stereocenters. The molecule has 0 aromatic carbocycles. The van der Waals surface area contributed by atoms with E-state index in [2.05, 4.69) is 70.9 Å². The highest BCUT2D eigenvalue weighted by Crippen LogP contribution is 2.60. The molecule has 1 fully saturated rings. The van der Waals surface area contributed by atoms with Gasteiger partial charge < -0.3 is 45.1 Å². The first-order chi connectivity index (χ1) is 36.1. The van der Waals surface area contributed by atoms with Crippen LogP contribution in [0.4, 0.5) is 5.82 Å². The van der Waals surface area contributed by atoms with Crippen LogP contribution in [0.15, 0.2) is 126 Å². The maximum atomic E-state index is 12.9. The van der Waals surface area contributed by atoms with Crippen molar-refractivity contribution in [2.24, 2.45) is 0 Å². The first kappa shape index (κ1) is 66.5. The van der Waals surface area contributed by atoms with Gasteiger partial charge in [0, 0.05) is 19.0 Å². The molecule has 0 bridgehead atoms. The molecule has 0 amide bonds. The molecule has 19 nitrogen and oxygen atoms in total. The van der Waals surface area contributed by atoms with E-state index in [0.29, 0.717) is 38.5 Å². The van der Waals surface area contributed by atoms with Gasteiger partial charge in [0.25, 0.3) is 0 Å². The van der Waals surface area contributed by atoms with Crippen LogP contribution >= 0.6 is 15.6 Å². The number of nitrogens with zero attached hydrogens (tertiary/aromatic N) is 2. The van der Waals surface area contributed by atoms with E-state index < -0.39 is 83.7 Å². The zero-order valence-corrected chi connectivity index (χ0v) is 45.4. The highest BCUT2D eigenvalue weighted by Gasteiger charge is 2.46. The van der Waals surface area contributed by atoms with Crippen LogP contribution in [-0.2, 0) is 46.3 Å². The van der Waals surface area contributed by atoms with E-state index in [4.69, 9.17) is 29.0 Å². The lowest BCUT2D eigenvalue weighted by Gasteiger charge is -2.21. The third-order valence-corrected chi connectivity index (χ3v) is 13.5. The van der Waals surface area contributed by atoms with E-state index >= 15 is 0 Å². The van der Waals surface area contributed by atoms with Crippen LogP contribution in [0.5, 0.6) is 0 Å². The van der Waals surface area contributed by atoms with Crippen molar-refractivity contribution in [1.29, 1.82) is 0 Å². The summed E-state index contributed by atoms with van der Waals surface area (Å²) in [5.41, 5.74) is 4.57. The van der Waals surface area contributed by atoms with E-state index in [-0.39, 0.29) is 24.8 Å². The fourth-order valence-electron chi connectivity index (χ4n) is 6.89. The smallest absolute Gasteiger partial charge is 0.462 e. The molecule has 1 aliphatic heterocycles. The lowest BCUT2D eigenvalue weighted by atomic mass is 10.1. The Balaban J connectivity index is 1.86.